The smallest absolute Gasteiger partial charge is 0.167 e. The van der Waals surface area contributed by atoms with Gasteiger partial charge in [0.2, 0.25) is 0 Å². The van der Waals surface area contributed by atoms with Gasteiger partial charge >= 0.3 is 0 Å². The van der Waals surface area contributed by atoms with E-state index >= 15 is 0 Å². The summed E-state index contributed by atoms with van der Waals surface area (Å²) in [4.78, 5) is 19.9. The highest BCUT2D eigenvalue weighted by atomic mass is 32.1. The molecule has 6 aromatic carbocycles. The number of benzene rings is 6. The zero-order chi connectivity index (χ0) is 30.5. The Hall–Kier alpha value is -5.98. The largest absolute Gasteiger partial charge is 0.455 e. The number of rotatable bonds is 5. The minimum Gasteiger partial charge on any atom is -0.455 e. The normalized spacial score (nSPS) is 11.5. The summed E-state index contributed by atoms with van der Waals surface area (Å²) in [5.41, 5.74) is 8.33. The van der Waals surface area contributed by atoms with E-state index in [1.807, 2.05) is 84.9 Å². The Kier molecular flexibility index (Phi) is 6.25. The molecule has 0 fully saturated rings. The summed E-state index contributed by atoms with van der Waals surface area (Å²) in [6.07, 6.45) is 0. The number of fused-ring (bicyclic) bond motifs is 4. The molecule has 5 nitrogen and oxygen atoms in total. The van der Waals surface area contributed by atoms with Crippen LogP contribution in [0.1, 0.15) is 0 Å². The molecule has 0 saturated carbocycles. The van der Waals surface area contributed by atoms with Gasteiger partial charge in [0.05, 0.1) is 21.3 Å². The van der Waals surface area contributed by atoms with Crippen LogP contribution in [0.3, 0.4) is 0 Å². The van der Waals surface area contributed by atoms with Gasteiger partial charge < -0.3 is 4.42 Å². The summed E-state index contributed by atoms with van der Waals surface area (Å²) in [7, 11) is 0. The average molecular weight is 609 g/mol. The standard InChI is InChI=1S/C40H24N4OS/c1-4-13-25(14-5-1)28-23-24-31(40-41-32-21-10-11-22-33(32)46-40)36-34(28)29-19-12-20-30(35(29)45-36)39-43-37(26-15-6-2-7-16-26)42-38(44-39)27-17-8-3-9-18-27/h1-24H. The van der Waals surface area contributed by atoms with E-state index < -0.39 is 0 Å². The molecule has 0 N–H and O–H groups in total. The van der Waals surface area contributed by atoms with Crippen molar-refractivity contribution in [3.63, 3.8) is 0 Å². The number of nitrogens with zero attached hydrogens (tertiary/aromatic N) is 4. The summed E-state index contributed by atoms with van der Waals surface area (Å²) in [5, 5.41) is 2.96. The van der Waals surface area contributed by atoms with Gasteiger partial charge in [0.1, 0.15) is 16.2 Å². The lowest BCUT2D eigenvalue weighted by atomic mass is 9.96. The van der Waals surface area contributed by atoms with Crippen molar-refractivity contribution in [2.75, 3.05) is 0 Å². The fourth-order valence-electron chi connectivity index (χ4n) is 6.02. The monoisotopic (exact) mass is 608 g/mol. The highest BCUT2D eigenvalue weighted by Crippen LogP contribution is 2.45. The van der Waals surface area contributed by atoms with E-state index in [0.717, 1.165) is 70.5 Å². The first-order valence-electron chi connectivity index (χ1n) is 15.1. The van der Waals surface area contributed by atoms with E-state index in [1.165, 1.54) is 0 Å². The molecule has 3 aromatic heterocycles. The van der Waals surface area contributed by atoms with Crippen LogP contribution in [0, 0.1) is 0 Å². The molecule has 0 unspecified atom stereocenters. The molecule has 46 heavy (non-hydrogen) atoms. The third-order valence-corrected chi connectivity index (χ3v) is 9.27. The van der Waals surface area contributed by atoms with Gasteiger partial charge in [-0.2, -0.15) is 0 Å². The van der Waals surface area contributed by atoms with Crippen LogP contribution in [0.2, 0.25) is 0 Å². The lowest BCUT2D eigenvalue weighted by molar-refractivity contribution is 0.670. The SMILES string of the molecule is c1ccc(-c2nc(-c3ccccc3)nc(-c3cccc4c3oc3c(-c5nc6ccccc6s5)ccc(-c5ccccc5)c34)n2)cc1. The van der Waals surface area contributed by atoms with Crippen molar-refractivity contribution < 1.29 is 4.42 Å². The second-order valence-corrected chi connectivity index (χ2v) is 12.1. The van der Waals surface area contributed by atoms with Crippen LogP contribution >= 0.6 is 11.3 Å². The van der Waals surface area contributed by atoms with Crippen molar-refractivity contribution in [2.24, 2.45) is 0 Å². The third kappa shape index (κ3) is 4.47. The fraction of sp³-hybridized carbons (Fsp3) is 0. The molecule has 0 radical (unpaired) electrons. The van der Waals surface area contributed by atoms with Crippen LogP contribution in [0.5, 0.6) is 0 Å². The Labute approximate surface area is 268 Å². The molecule has 0 bridgehead atoms. The first-order valence-corrected chi connectivity index (χ1v) is 15.9. The summed E-state index contributed by atoms with van der Waals surface area (Å²) in [6.45, 7) is 0. The van der Waals surface area contributed by atoms with Crippen LogP contribution in [0.25, 0.3) is 88.0 Å². The molecular formula is C40H24N4OS. The number of hydrogen-bond donors (Lipinski definition) is 0. The molecule has 0 atom stereocenters. The molecule has 0 spiro atoms. The van der Waals surface area contributed by atoms with Crippen LogP contribution < -0.4 is 0 Å². The van der Waals surface area contributed by atoms with E-state index in [1.54, 1.807) is 11.3 Å². The number of furan rings is 1. The maximum absolute atomic E-state index is 6.94. The van der Waals surface area contributed by atoms with E-state index in [0.29, 0.717) is 17.5 Å². The Morgan fingerprint density at radius 1 is 0.413 bits per heavy atom. The van der Waals surface area contributed by atoms with Gasteiger partial charge in [0.25, 0.3) is 0 Å². The Bertz CT molecular complexity index is 2430. The number of thiazole rings is 1. The topological polar surface area (TPSA) is 64.7 Å². The van der Waals surface area contributed by atoms with E-state index in [4.69, 9.17) is 24.4 Å². The van der Waals surface area contributed by atoms with E-state index in [-0.39, 0.29) is 0 Å². The molecule has 0 aliphatic carbocycles. The second kappa shape index (κ2) is 10.9. The fourth-order valence-corrected chi connectivity index (χ4v) is 7.01. The van der Waals surface area contributed by atoms with Crippen LogP contribution in [0.4, 0.5) is 0 Å². The molecule has 3 heterocycles. The zero-order valence-corrected chi connectivity index (χ0v) is 25.3. The van der Waals surface area contributed by atoms with Crippen molar-refractivity contribution in [3.05, 3.63) is 146 Å². The minimum absolute atomic E-state index is 0.556. The van der Waals surface area contributed by atoms with Crippen molar-refractivity contribution in [1.29, 1.82) is 0 Å². The molecule has 6 heteroatoms. The van der Waals surface area contributed by atoms with Crippen molar-refractivity contribution >= 4 is 43.5 Å². The van der Waals surface area contributed by atoms with Crippen LogP contribution in [-0.2, 0) is 0 Å². The lowest BCUT2D eigenvalue weighted by Gasteiger charge is -2.08. The Morgan fingerprint density at radius 2 is 1.00 bits per heavy atom. The summed E-state index contributed by atoms with van der Waals surface area (Å²) in [5.74, 6) is 1.77. The van der Waals surface area contributed by atoms with Gasteiger partial charge in [-0.25, -0.2) is 19.9 Å². The number of para-hydroxylation sites is 2. The molecule has 0 saturated heterocycles. The average Bonchev–Trinajstić information content (AvgIpc) is 3.75. The van der Waals surface area contributed by atoms with Crippen LogP contribution in [0.15, 0.2) is 150 Å². The molecule has 9 aromatic rings. The Balaban J connectivity index is 1.33. The second-order valence-electron chi connectivity index (χ2n) is 11.0. The lowest BCUT2D eigenvalue weighted by Crippen LogP contribution is -2.00. The highest BCUT2D eigenvalue weighted by molar-refractivity contribution is 7.21. The van der Waals surface area contributed by atoms with Gasteiger partial charge in [-0.05, 0) is 35.4 Å². The first-order chi connectivity index (χ1) is 22.8. The number of aromatic nitrogens is 4. The van der Waals surface area contributed by atoms with E-state index in [2.05, 4.69) is 60.7 Å². The van der Waals surface area contributed by atoms with Gasteiger partial charge in [0.15, 0.2) is 17.5 Å². The molecule has 0 aliphatic rings. The summed E-state index contributed by atoms with van der Waals surface area (Å²) >= 11 is 1.67. The first kappa shape index (κ1) is 26.4. The Morgan fingerprint density at radius 3 is 1.67 bits per heavy atom. The highest BCUT2D eigenvalue weighted by Gasteiger charge is 2.22. The number of hydrogen-bond acceptors (Lipinski definition) is 6. The zero-order valence-electron chi connectivity index (χ0n) is 24.5. The summed E-state index contributed by atoms with van der Waals surface area (Å²) in [6, 6.07) is 49.3. The maximum atomic E-state index is 6.94. The molecular weight excluding hydrogens is 585 g/mol. The van der Waals surface area contributed by atoms with Gasteiger partial charge in [0, 0.05) is 21.9 Å². The van der Waals surface area contributed by atoms with Gasteiger partial charge in [-0.1, -0.05) is 121 Å². The molecule has 0 aliphatic heterocycles. The van der Waals surface area contributed by atoms with Crippen molar-refractivity contribution in [1.82, 2.24) is 19.9 Å². The van der Waals surface area contributed by atoms with Gasteiger partial charge in [-0.15, -0.1) is 11.3 Å². The summed E-state index contributed by atoms with van der Waals surface area (Å²) < 4.78 is 8.08. The predicted octanol–water partition coefficient (Wildman–Crippen LogP) is 10.7. The van der Waals surface area contributed by atoms with Crippen molar-refractivity contribution in [3.8, 4) is 55.9 Å². The molecule has 0 amide bonds. The molecule has 9 rings (SSSR count). The maximum Gasteiger partial charge on any atom is 0.167 e. The quantitative estimate of drug-likeness (QED) is 0.194. The minimum atomic E-state index is 0.556. The molecule has 216 valence electrons. The van der Waals surface area contributed by atoms with Gasteiger partial charge in [-0.3, -0.25) is 0 Å². The van der Waals surface area contributed by atoms with Crippen LogP contribution in [-0.4, -0.2) is 19.9 Å². The predicted molar refractivity (Wildman–Crippen MR) is 187 cm³/mol. The van der Waals surface area contributed by atoms with Crippen molar-refractivity contribution in [2.45, 2.75) is 0 Å². The van der Waals surface area contributed by atoms with E-state index in [9.17, 15) is 0 Å². The third-order valence-electron chi connectivity index (χ3n) is 8.20.